The fourth-order valence-corrected chi connectivity index (χ4v) is 4.02. The zero-order valence-electron chi connectivity index (χ0n) is 11.8. The molecule has 0 spiro atoms. The molecule has 1 unspecified atom stereocenters. The summed E-state index contributed by atoms with van der Waals surface area (Å²) >= 11 is 0. The van der Waals surface area contributed by atoms with Crippen LogP contribution in [0.2, 0.25) is 0 Å². The number of nitrogens with one attached hydrogen (secondary N) is 1. The number of hydrogen-bond donors (Lipinski definition) is 2. The average Bonchev–Trinajstić information content (AvgIpc) is 2.75. The summed E-state index contributed by atoms with van der Waals surface area (Å²) in [5.41, 5.74) is 5.71. The van der Waals surface area contributed by atoms with E-state index in [-0.39, 0.29) is 23.5 Å². The normalized spacial score (nSPS) is 20.8. The number of nitrogens with zero attached hydrogens (tertiary/aromatic N) is 3. The van der Waals surface area contributed by atoms with Crippen LogP contribution in [0.5, 0.6) is 0 Å². The summed E-state index contributed by atoms with van der Waals surface area (Å²) in [7, 11) is -1.07. The summed E-state index contributed by atoms with van der Waals surface area (Å²) in [6, 6.07) is 1.75. The van der Waals surface area contributed by atoms with Crippen LogP contribution < -0.4 is 16.0 Å². The van der Waals surface area contributed by atoms with Gasteiger partial charge in [0.15, 0.2) is 9.84 Å². The minimum atomic E-state index is -2.91. The number of aromatic nitrogens is 2. The maximum Gasteiger partial charge on any atom is 0.223 e. The Bertz CT molecular complexity index is 575. The molecule has 20 heavy (non-hydrogen) atoms. The molecule has 1 aromatic heterocycles. The van der Waals surface area contributed by atoms with Gasteiger partial charge in [-0.05, 0) is 12.8 Å². The summed E-state index contributed by atoms with van der Waals surface area (Å²) in [6.07, 6.45) is 1.61. The molecule has 0 aliphatic carbocycles. The standard InChI is InChI=1S/C12H21N5O2S/c1-3-5-14-10-7-11(16-12(13)15-10)17(2)9-4-6-20(18,19)8-9/h7,9H,3-6,8H2,1-2H3,(H3,13,14,15,16). The second-order valence-corrected chi connectivity index (χ2v) is 7.29. The van der Waals surface area contributed by atoms with Crippen LogP contribution in [0.3, 0.4) is 0 Å². The van der Waals surface area contributed by atoms with E-state index in [4.69, 9.17) is 5.73 Å². The first-order chi connectivity index (χ1) is 9.41. The summed E-state index contributed by atoms with van der Waals surface area (Å²) in [6.45, 7) is 2.87. The largest absolute Gasteiger partial charge is 0.370 e. The van der Waals surface area contributed by atoms with Crippen LogP contribution in [0.1, 0.15) is 19.8 Å². The van der Waals surface area contributed by atoms with Gasteiger partial charge in [-0.15, -0.1) is 0 Å². The number of rotatable bonds is 5. The fourth-order valence-electron chi connectivity index (χ4n) is 2.24. The van der Waals surface area contributed by atoms with Gasteiger partial charge in [0.25, 0.3) is 0 Å². The molecule has 1 atom stereocenters. The van der Waals surface area contributed by atoms with Crippen molar-refractivity contribution in [2.45, 2.75) is 25.8 Å². The van der Waals surface area contributed by atoms with E-state index in [1.54, 1.807) is 6.07 Å². The third-order valence-electron chi connectivity index (χ3n) is 3.40. The zero-order chi connectivity index (χ0) is 14.8. The van der Waals surface area contributed by atoms with Gasteiger partial charge in [-0.1, -0.05) is 6.92 Å². The molecule has 8 heteroatoms. The molecule has 7 nitrogen and oxygen atoms in total. The van der Waals surface area contributed by atoms with Crippen molar-refractivity contribution < 1.29 is 8.42 Å². The van der Waals surface area contributed by atoms with Crippen molar-refractivity contribution in [1.29, 1.82) is 0 Å². The van der Waals surface area contributed by atoms with Gasteiger partial charge in [-0.25, -0.2) is 8.42 Å². The van der Waals surface area contributed by atoms with Crippen molar-refractivity contribution in [3.8, 4) is 0 Å². The predicted octanol–water partition coefficient (Wildman–Crippen LogP) is 0.504. The Kier molecular flexibility index (Phi) is 4.32. The second kappa shape index (κ2) is 5.82. The molecule has 1 aliphatic heterocycles. The summed E-state index contributed by atoms with van der Waals surface area (Å²) in [5.74, 6) is 1.92. The first-order valence-corrected chi connectivity index (χ1v) is 8.55. The quantitative estimate of drug-likeness (QED) is 0.816. The highest BCUT2D eigenvalue weighted by molar-refractivity contribution is 7.91. The number of sulfone groups is 1. The molecule has 0 saturated carbocycles. The molecule has 2 heterocycles. The van der Waals surface area contributed by atoms with Gasteiger partial charge >= 0.3 is 0 Å². The SMILES string of the molecule is CCCNc1cc(N(C)C2CCS(=O)(=O)C2)nc(N)n1. The average molecular weight is 299 g/mol. The van der Waals surface area contributed by atoms with Crippen molar-refractivity contribution in [3.05, 3.63) is 6.07 Å². The predicted molar refractivity (Wildman–Crippen MR) is 80.7 cm³/mol. The van der Waals surface area contributed by atoms with Crippen LogP contribution in [-0.2, 0) is 9.84 Å². The Hall–Kier alpha value is -1.57. The minimum Gasteiger partial charge on any atom is -0.370 e. The van der Waals surface area contributed by atoms with Crippen LogP contribution in [0.15, 0.2) is 6.07 Å². The van der Waals surface area contributed by atoms with Gasteiger partial charge in [-0.2, -0.15) is 9.97 Å². The molecule has 1 aromatic rings. The molecular weight excluding hydrogens is 278 g/mol. The maximum absolute atomic E-state index is 11.6. The van der Waals surface area contributed by atoms with E-state index in [1.807, 2.05) is 11.9 Å². The maximum atomic E-state index is 11.6. The smallest absolute Gasteiger partial charge is 0.223 e. The molecule has 1 fully saturated rings. The van der Waals surface area contributed by atoms with E-state index in [2.05, 4.69) is 22.2 Å². The van der Waals surface area contributed by atoms with Crippen molar-refractivity contribution in [2.75, 3.05) is 41.0 Å². The molecule has 1 saturated heterocycles. The van der Waals surface area contributed by atoms with Crippen molar-refractivity contribution in [3.63, 3.8) is 0 Å². The van der Waals surface area contributed by atoms with E-state index in [9.17, 15) is 8.42 Å². The van der Waals surface area contributed by atoms with E-state index in [0.29, 0.717) is 18.1 Å². The Balaban J connectivity index is 2.17. The van der Waals surface area contributed by atoms with E-state index in [0.717, 1.165) is 13.0 Å². The van der Waals surface area contributed by atoms with Crippen molar-refractivity contribution >= 4 is 27.4 Å². The molecular formula is C12H21N5O2S. The van der Waals surface area contributed by atoms with Crippen LogP contribution in [0, 0.1) is 0 Å². The van der Waals surface area contributed by atoms with Crippen LogP contribution >= 0.6 is 0 Å². The molecule has 0 amide bonds. The lowest BCUT2D eigenvalue weighted by Gasteiger charge is -2.25. The van der Waals surface area contributed by atoms with Crippen LogP contribution in [0.25, 0.3) is 0 Å². The van der Waals surface area contributed by atoms with Crippen LogP contribution in [0.4, 0.5) is 17.6 Å². The van der Waals surface area contributed by atoms with Gasteiger partial charge in [0.05, 0.1) is 11.5 Å². The molecule has 0 aromatic carbocycles. The third-order valence-corrected chi connectivity index (χ3v) is 5.15. The van der Waals surface area contributed by atoms with Gasteiger partial charge in [-0.3, -0.25) is 0 Å². The lowest BCUT2D eigenvalue weighted by molar-refractivity contribution is 0.600. The number of nitrogens with two attached hydrogens (primary N) is 1. The summed E-state index contributed by atoms with van der Waals surface area (Å²) in [5, 5.41) is 3.16. The lowest BCUT2D eigenvalue weighted by Crippen LogP contribution is -2.33. The van der Waals surface area contributed by atoms with E-state index < -0.39 is 9.84 Å². The summed E-state index contributed by atoms with van der Waals surface area (Å²) < 4.78 is 23.1. The highest BCUT2D eigenvalue weighted by Crippen LogP contribution is 2.23. The number of hydrogen-bond acceptors (Lipinski definition) is 7. The molecule has 2 rings (SSSR count). The number of nitrogen functional groups attached to an aromatic ring is 1. The first-order valence-electron chi connectivity index (χ1n) is 6.73. The topological polar surface area (TPSA) is 101 Å². The van der Waals surface area contributed by atoms with Crippen LogP contribution in [-0.4, -0.2) is 49.5 Å². The van der Waals surface area contributed by atoms with E-state index in [1.165, 1.54) is 0 Å². The summed E-state index contributed by atoms with van der Waals surface area (Å²) in [4.78, 5) is 10.2. The van der Waals surface area contributed by atoms with Crippen molar-refractivity contribution in [2.24, 2.45) is 0 Å². The molecule has 1 aliphatic rings. The van der Waals surface area contributed by atoms with Gasteiger partial charge in [0.2, 0.25) is 5.95 Å². The molecule has 112 valence electrons. The minimum absolute atomic E-state index is 0.0478. The third kappa shape index (κ3) is 3.50. The Morgan fingerprint density at radius 3 is 2.85 bits per heavy atom. The van der Waals surface area contributed by atoms with Crippen molar-refractivity contribution in [1.82, 2.24) is 9.97 Å². The molecule has 0 bridgehead atoms. The highest BCUT2D eigenvalue weighted by Gasteiger charge is 2.31. The highest BCUT2D eigenvalue weighted by atomic mass is 32.2. The van der Waals surface area contributed by atoms with Gasteiger partial charge in [0.1, 0.15) is 11.6 Å². The number of anilines is 3. The van der Waals surface area contributed by atoms with Gasteiger partial charge < -0.3 is 16.0 Å². The fraction of sp³-hybridized carbons (Fsp3) is 0.667. The monoisotopic (exact) mass is 299 g/mol. The molecule has 3 N–H and O–H groups in total. The first kappa shape index (κ1) is 14.8. The Morgan fingerprint density at radius 1 is 1.50 bits per heavy atom. The Labute approximate surface area is 119 Å². The second-order valence-electron chi connectivity index (χ2n) is 5.06. The van der Waals surface area contributed by atoms with E-state index >= 15 is 0 Å². The zero-order valence-corrected chi connectivity index (χ0v) is 12.7. The Morgan fingerprint density at radius 2 is 2.25 bits per heavy atom. The lowest BCUT2D eigenvalue weighted by atomic mass is 10.2. The molecule has 0 radical (unpaired) electrons. The van der Waals surface area contributed by atoms with Gasteiger partial charge in [0, 0.05) is 25.7 Å².